The van der Waals surface area contributed by atoms with Crippen LogP contribution in [0, 0.1) is 5.92 Å². The van der Waals surface area contributed by atoms with Gasteiger partial charge in [-0.2, -0.15) is 0 Å². The first kappa shape index (κ1) is 11.4. The van der Waals surface area contributed by atoms with Crippen LogP contribution < -0.4 is 0 Å². The van der Waals surface area contributed by atoms with Crippen molar-refractivity contribution in [3.63, 3.8) is 0 Å². The lowest BCUT2D eigenvalue weighted by Gasteiger charge is -2.13. The zero-order valence-corrected chi connectivity index (χ0v) is 10.1. The van der Waals surface area contributed by atoms with Crippen molar-refractivity contribution in [2.24, 2.45) is 5.92 Å². The fourth-order valence-electron chi connectivity index (χ4n) is 2.15. The second-order valence-corrected chi connectivity index (χ2v) is 4.70. The molecule has 0 spiro atoms. The molecule has 1 aromatic rings. The SMILES string of the molecule is CC(=O)N1CC[C@@H](Cc2ccc(Cl)nc2)C1. The molecule has 1 aliphatic rings. The van der Waals surface area contributed by atoms with E-state index in [0.717, 1.165) is 25.9 Å². The van der Waals surface area contributed by atoms with E-state index in [0.29, 0.717) is 11.1 Å². The molecule has 86 valence electrons. The molecule has 0 bridgehead atoms. The van der Waals surface area contributed by atoms with E-state index in [9.17, 15) is 4.79 Å². The van der Waals surface area contributed by atoms with Crippen LogP contribution in [0.4, 0.5) is 0 Å². The number of amides is 1. The number of pyridine rings is 1. The van der Waals surface area contributed by atoms with E-state index < -0.39 is 0 Å². The van der Waals surface area contributed by atoms with Crippen molar-refractivity contribution in [2.75, 3.05) is 13.1 Å². The molecule has 3 nitrogen and oxygen atoms in total. The quantitative estimate of drug-likeness (QED) is 0.740. The van der Waals surface area contributed by atoms with Crippen LogP contribution in [0.15, 0.2) is 18.3 Å². The highest BCUT2D eigenvalue weighted by molar-refractivity contribution is 6.29. The lowest BCUT2D eigenvalue weighted by molar-refractivity contribution is -0.127. The van der Waals surface area contributed by atoms with Crippen LogP contribution >= 0.6 is 11.6 Å². The minimum Gasteiger partial charge on any atom is -0.343 e. The van der Waals surface area contributed by atoms with Gasteiger partial charge in [-0.1, -0.05) is 17.7 Å². The van der Waals surface area contributed by atoms with Crippen LogP contribution in [0.3, 0.4) is 0 Å². The van der Waals surface area contributed by atoms with Crippen molar-refractivity contribution in [3.8, 4) is 0 Å². The standard InChI is InChI=1S/C12H15ClN2O/c1-9(16)15-5-4-11(8-15)6-10-2-3-12(13)14-7-10/h2-3,7,11H,4-6,8H2,1H3/t11-/m0/s1. The summed E-state index contributed by atoms with van der Waals surface area (Å²) in [6, 6.07) is 3.82. The minimum atomic E-state index is 0.178. The normalized spacial score (nSPS) is 20.1. The number of hydrogen-bond acceptors (Lipinski definition) is 2. The summed E-state index contributed by atoms with van der Waals surface area (Å²) in [5.41, 5.74) is 1.19. The summed E-state index contributed by atoms with van der Waals surface area (Å²) in [7, 11) is 0. The summed E-state index contributed by atoms with van der Waals surface area (Å²) in [5.74, 6) is 0.739. The van der Waals surface area contributed by atoms with E-state index >= 15 is 0 Å². The zero-order chi connectivity index (χ0) is 11.5. The Labute approximate surface area is 100 Å². The van der Waals surface area contributed by atoms with Crippen LogP contribution in [-0.4, -0.2) is 28.9 Å². The van der Waals surface area contributed by atoms with Crippen LogP contribution in [0.25, 0.3) is 0 Å². The minimum absolute atomic E-state index is 0.178. The summed E-state index contributed by atoms with van der Waals surface area (Å²) in [6.07, 6.45) is 3.88. The van der Waals surface area contributed by atoms with Gasteiger partial charge < -0.3 is 4.90 Å². The van der Waals surface area contributed by atoms with E-state index in [-0.39, 0.29) is 5.91 Å². The van der Waals surface area contributed by atoms with Gasteiger partial charge in [0.15, 0.2) is 0 Å². The van der Waals surface area contributed by atoms with Crippen LogP contribution in [0.2, 0.25) is 5.15 Å². The lowest BCUT2D eigenvalue weighted by atomic mass is 10.0. The maximum atomic E-state index is 11.2. The fourth-order valence-corrected chi connectivity index (χ4v) is 2.26. The Morgan fingerprint density at radius 1 is 1.62 bits per heavy atom. The molecule has 16 heavy (non-hydrogen) atoms. The summed E-state index contributed by atoms with van der Waals surface area (Å²) in [5, 5.41) is 0.528. The molecule has 1 saturated heterocycles. The Morgan fingerprint density at radius 3 is 3.00 bits per heavy atom. The van der Waals surface area contributed by atoms with Crippen molar-refractivity contribution in [2.45, 2.75) is 19.8 Å². The number of carbonyl (C=O) groups excluding carboxylic acids is 1. The first-order valence-corrected chi connectivity index (χ1v) is 5.89. The van der Waals surface area contributed by atoms with Gasteiger partial charge >= 0.3 is 0 Å². The maximum absolute atomic E-state index is 11.2. The highest BCUT2D eigenvalue weighted by Crippen LogP contribution is 2.20. The lowest BCUT2D eigenvalue weighted by Crippen LogP contribution is -2.26. The monoisotopic (exact) mass is 238 g/mol. The topological polar surface area (TPSA) is 33.2 Å². The van der Waals surface area contributed by atoms with Crippen molar-refractivity contribution in [1.29, 1.82) is 0 Å². The molecule has 0 aromatic carbocycles. The predicted molar refractivity (Wildman–Crippen MR) is 63.3 cm³/mol. The Kier molecular flexibility index (Phi) is 3.44. The van der Waals surface area contributed by atoms with E-state index in [4.69, 9.17) is 11.6 Å². The molecular weight excluding hydrogens is 224 g/mol. The smallest absolute Gasteiger partial charge is 0.219 e. The van der Waals surface area contributed by atoms with Gasteiger partial charge in [-0.3, -0.25) is 4.79 Å². The Balaban J connectivity index is 1.92. The molecular formula is C12H15ClN2O. The second kappa shape index (κ2) is 4.83. The molecule has 0 saturated carbocycles. The van der Waals surface area contributed by atoms with Crippen molar-refractivity contribution < 1.29 is 4.79 Å². The molecule has 4 heteroatoms. The first-order valence-electron chi connectivity index (χ1n) is 5.51. The summed E-state index contributed by atoms with van der Waals surface area (Å²) in [4.78, 5) is 17.2. The number of carbonyl (C=O) groups is 1. The van der Waals surface area contributed by atoms with Gasteiger partial charge in [-0.15, -0.1) is 0 Å². The Hall–Kier alpha value is -1.09. The molecule has 0 radical (unpaired) electrons. The molecule has 1 aliphatic heterocycles. The summed E-state index contributed by atoms with van der Waals surface area (Å²) >= 11 is 5.73. The van der Waals surface area contributed by atoms with Crippen LogP contribution in [0.5, 0.6) is 0 Å². The molecule has 2 heterocycles. The van der Waals surface area contributed by atoms with E-state index in [2.05, 4.69) is 4.98 Å². The molecule has 1 fully saturated rings. The molecule has 0 unspecified atom stereocenters. The third-order valence-corrected chi connectivity index (χ3v) is 3.27. The summed E-state index contributed by atoms with van der Waals surface area (Å²) < 4.78 is 0. The molecule has 0 aliphatic carbocycles. The fraction of sp³-hybridized carbons (Fsp3) is 0.500. The Morgan fingerprint density at radius 2 is 2.44 bits per heavy atom. The van der Waals surface area contributed by atoms with Crippen molar-refractivity contribution in [3.05, 3.63) is 29.0 Å². The third kappa shape index (κ3) is 2.73. The molecule has 0 N–H and O–H groups in total. The highest BCUT2D eigenvalue weighted by atomic mass is 35.5. The molecule has 2 rings (SSSR count). The van der Waals surface area contributed by atoms with Gasteiger partial charge in [0, 0.05) is 26.2 Å². The third-order valence-electron chi connectivity index (χ3n) is 3.04. The number of rotatable bonds is 2. The van der Waals surface area contributed by atoms with Gasteiger partial charge in [-0.25, -0.2) is 4.98 Å². The average molecular weight is 239 g/mol. The number of aromatic nitrogens is 1. The Bertz CT molecular complexity index is 377. The van der Waals surface area contributed by atoms with E-state index in [1.807, 2.05) is 23.2 Å². The number of likely N-dealkylation sites (tertiary alicyclic amines) is 1. The van der Waals surface area contributed by atoms with Gasteiger partial charge in [-0.05, 0) is 30.4 Å². The maximum Gasteiger partial charge on any atom is 0.219 e. The van der Waals surface area contributed by atoms with Crippen molar-refractivity contribution >= 4 is 17.5 Å². The van der Waals surface area contributed by atoms with E-state index in [1.54, 1.807) is 6.92 Å². The largest absolute Gasteiger partial charge is 0.343 e. The van der Waals surface area contributed by atoms with E-state index in [1.165, 1.54) is 5.56 Å². The molecule has 1 amide bonds. The summed E-state index contributed by atoms with van der Waals surface area (Å²) in [6.45, 7) is 3.39. The van der Waals surface area contributed by atoms with Crippen LogP contribution in [0.1, 0.15) is 18.9 Å². The van der Waals surface area contributed by atoms with Crippen LogP contribution in [-0.2, 0) is 11.2 Å². The van der Waals surface area contributed by atoms with Gasteiger partial charge in [0.1, 0.15) is 5.15 Å². The second-order valence-electron chi connectivity index (χ2n) is 4.31. The molecule has 1 atom stereocenters. The number of hydrogen-bond donors (Lipinski definition) is 0. The number of halogens is 1. The average Bonchev–Trinajstić information content (AvgIpc) is 2.70. The van der Waals surface area contributed by atoms with Crippen molar-refractivity contribution in [1.82, 2.24) is 9.88 Å². The van der Waals surface area contributed by atoms with Gasteiger partial charge in [0.05, 0.1) is 0 Å². The van der Waals surface area contributed by atoms with Gasteiger partial charge in [0.2, 0.25) is 5.91 Å². The zero-order valence-electron chi connectivity index (χ0n) is 9.32. The predicted octanol–water partition coefficient (Wildman–Crippen LogP) is 2.15. The first-order chi connectivity index (χ1) is 7.65. The van der Waals surface area contributed by atoms with Gasteiger partial charge in [0.25, 0.3) is 0 Å². The number of nitrogens with zero attached hydrogens (tertiary/aromatic N) is 2. The molecule has 1 aromatic heterocycles. The highest BCUT2D eigenvalue weighted by Gasteiger charge is 2.24.